The molecule has 0 spiro atoms. The molecule has 2 nitrogen and oxygen atoms in total. The summed E-state index contributed by atoms with van der Waals surface area (Å²) in [4.78, 5) is 3.40. The van der Waals surface area contributed by atoms with Crippen molar-refractivity contribution < 1.29 is 13.5 Å². The summed E-state index contributed by atoms with van der Waals surface area (Å²) in [6.07, 6.45) is 0. The molecule has 0 unspecified atom stereocenters. The largest absolute Gasteiger partial charge is 0.481 e. The van der Waals surface area contributed by atoms with Gasteiger partial charge in [-0.1, -0.05) is 157 Å². The lowest BCUT2D eigenvalue weighted by molar-refractivity contribution is 0.397. The van der Waals surface area contributed by atoms with Crippen molar-refractivity contribution >= 4 is 28.8 Å². The van der Waals surface area contributed by atoms with Gasteiger partial charge in [-0.05, 0) is 133 Å². The van der Waals surface area contributed by atoms with Crippen molar-refractivity contribution in [1.29, 1.82) is 0 Å². The number of ether oxygens (including phenoxy) is 1. The van der Waals surface area contributed by atoms with Crippen LogP contribution < -0.4 is 9.64 Å². The molecule has 0 saturated carbocycles. The van der Waals surface area contributed by atoms with Crippen molar-refractivity contribution in [3.63, 3.8) is 0 Å². The van der Waals surface area contributed by atoms with Gasteiger partial charge in [0, 0.05) is 17.1 Å². The quantitative estimate of drug-likeness (QED) is 0.159. The van der Waals surface area contributed by atoms with E-state index in [4.69, 9.17) is 4.74 Å². The molecular weight excluding hydrogens is 785 g/mol. The van der Waals surface area contributed by atoms with E-state index in [1.54, 1.807) is 36.0 Å². The normalized spacial score (nSPS) is 14.5. The van der Waals surface area contributed by atoms with Gasteiger partial charge in [0.05, 0.1) is 15.7 Å². The summed E-state index contributed by atoms with van der Waals surface area (Å²) in [5, 5.41) is 0. The Morgan fingerprint density at radius 2 is 0.742 bits per heavy atom. The van der Waals surface area contributed by atoms with Gasteiger partial charge in [-0.2, -0.15) is 0 Å². The summed E-state index contributed by atoms with van der Waals surface area (Å²) >= 11 is 1.68. The van der Waals surface area contributed by atoms with Crippen LogP contribution in [0.3, 0.4) is 0 Å². The Morgan fingerprint density at radius 1 is 0.387 bits per heavy atom. The summed E-state index contributed by atoms with van der Waals surface area (Å²) < 4.78 is 37.2. The van der Waals surface area contributed by atoms with E-state index in [0.29, 0.717) is 5.94 Å². The minimum absolute atomic E-state index is 0.271. The van der Waals surface area contributed by atoms with Crippen LogP contribution in [0.15, 0.2) is 217 Å². The molecular formula is C57H37F2NOS. The van der Waals surface area contributed by atoms with Gasteiger partial charge in [0.15, 0.2) is 0 Å². The molecule has 0 N–H and O–H groups in total. The molecule has 0 aromatic heterocycles. The molecule has 5 heteroatoms. The molecule has 0 bridgehead atoms. The fraction of sp³-hybridized carbons (Fsp3) is 0.0526. The standard InChI is InChI=1S/C57H37F2NOS/c58-41-21-26-46-48-28-23-43(33-52(48)56(50(46)31-41,37-13-5-1-6-14-37)38-15-7-2-8-16-38)60(45-25-30-54-55(35-45)62-36-61-54)44-24-29-49-47-27-22-42(59)32-51(47)57(53(49)34-44,39-17-9-3-10-18-39)40-19-11-4-12-20-40/h1-35H,36H2. The minimum Gasteiger partial charge on any atom is -0.481 e. The van der Waals surface area contributed by atoms with Crippen molar-refractivity contribution in [1.82, 2.24) is 0 Å². The van der Waals surface area contributed by atoms with Crippen molar-refractivity contribution in [2.45, 2.75) is 15.7 Å². The highest BCUT2D eigenvalue weighted by Gasteiger charge is 2.48. The van der Waals surface area contributed by atoms with Gasteiger partial charge in [-0.25, -0.2) is 8.78 Å². The maximum Gasteiger partial charge on any atom is 0.138 e. The Morgan fingerprint density at radius 3 is 1.16 bits per heavy atom. The van der Waals surface area contributed by atoms with E-state index in [-0.39, 0.29) is 11.6 Å². The highest BCUT2D eigenvalue weighted by Crippen LogP contribution is 2.60. The Kier molecular flexibility index (Phi) is 8.38. The number of anilines is 3. The van der Waals surface area contributed by atoms with Crippen LogP contribution in [0.1, 0.15) is 44.5 Å². The van der Waals surface area contributed by atoms with Crippen LogP contribution in [0, 0.1) is 11.6 Å². The summed E-state index contributed by atoms with van der Waals surface area (Å²) in [5.41, 5.74) is 13.6. The lowest BCUT2D eigenvalue weighted by Crippen LogP contribution is -2.29. The molecule has 1 aliphatic heterocycles. The first-order valence-electron chi connectivity index (χ1n) is 20.9. The van der Waals surface area contributed by atoms with E-state index in [2.05, 4.69) is 157 Å². The summed E-state index contributed by atoms with van der Waals surface area (Å²) in [5.74, 6) is 0.891. The van der Waals surface area contributed by atoms with Gasteiger partial charge < -0.3 is 9.64 Å². The predicted molar refractivity (Wildman–Crippen MR) is 247 cm³/mol. The third kappa shape index (κ3) is 5.28. The Balaban J connectivity index is 1.15. The average Bonchev–Trinajstić information content (AvgIpc) is 3.99. The molecule has 0 saturated heterocycles. The van der Waals surface area contributed by atoms with Crippen LogP contribution >= 0.6 is 11.8 Å². The first kappa shape index (κ1) is 36.6. The van der Waals surface area contributed by atoms with E-state index < -0.39 is 10.8 Å². The van der Waals surface area contributed by atoms with E-state index in [1.165, 1.54) is 0 Å². The number of benzene rings is 9. The molecule has 1 heterocycles. The fourth-order valence-electron chi connectivity index (χ4n) is 10.6. The van der Waals surface area contributed by atoms with E-state index in [0.717, 1.165) is 94.5 Å². The van der Waals surface area contributed by atoms with Gasteiger partial charge in [0.2, 0.25) is 0 Å². The monoisotopic (exact) mass is 821 g/mol. The highest BCUT2D eigenvalue weighted by atomic mass is 32.2. The zero-order valence-electron chi connectivity index (χ0n) is 33.4. The zero-order chi connectivity index (χ0) is 41.4. The van der Waals surface area contributed by atoms with E-state index >= 15 is 8.78 Å². The lowest BCUT2D eigenvalue weighted by Gasteiger charge is -2.36. The average molecular weight is 822 g/mol. The highest BCUT2D eigenvalue weighted by molar-refractivity contribution is 7.99. The molecule has 9 aromatic carbocycles. The zero-order valence-corrected chi connectivity index (χ0v) is 34.3. The summed E-state index contributed by atoms with van der Waals surface area (Å²) in [6, 6.07) is 72.2. The smallest absolute Gasteiger partial charge is 0.138 e. The third-order valence-electron chi connectivity index (χ3n) is 13.1. The second kappa shape index (κ2) is 14.2. The van der Waals surface area contributed by atoms with E-state index in [1.807, 2.05) is 36.4 Å². The van der Waals surface area contributed by atoms with Gasteiger partial charge in [0.1, 0.15) is 23.3 Å². The molecule has 0 amide bonds. The molecule has 296 valence electrons. The van der Waals surface area contributed by atoms with Crippen LogP contribution in [-0.4, -0.2) is 5.94 Å². The molecule has 0 atom stereocenters. The molecule has 3 aliphatic rings. The predicted octanol–water partition coefficient (Wildman–Crippen LogP) is 14.6. The number of rotatable bonds is 7. The van der Waals surface area contributed by atoms with Crippen molar-refractivity contribution in [2.75, 3.05) is 10.8 Å². The second-order valence-corrected chi connectivity index (χ2v) is 17.1. The number of halogens is 2. The third-order valence-corrected chi connectivity index (χ3v) is 14.0. The first-order valence-corrected chi connectivity index (χ1v) is 21.9. The second-order valence-electron chi connectivity index (χ2n) is 16.2. The van der Waals surface area contributed by atoms with Crippen molar-refractivity contribution in [3.05, 3.63) is 268 Å². The van der Waals surface area contributed by atoms with Crippen molar-refractivity contribution in [2.24, 2.45) is 0 Å². The van der Waals surface area contributed by atoms with Crippen LogP contribution in [0.2, 0.25) is 0 Å². The molecule has 62 heavy (non-hydrogen) atoms. The first-order chi connectivity index (χ1) is 30.5. The maximum atomic E-state index is 15.6. The number of fused-ring (bicyclic) bond motifs is 7. The Labute approximate surface area is 363 Å². The molecule has 9 aromatic rings. The minimum atomic E-state index is -0.808. The van der Waals surface area contributed by atoms with Crippen LogP contribution in [0.4, 0.5) is 25.8 Å². The van der Waals surface area contributed by atoms with E-state index in [9.17, 15) is 0 Å². The Bertz CT molecular complexity index is 2920. The summed E-state index contributed by atoms with van der Waals surface area (Å²) in [7, 11) is 0. The van der Waals surface area contributed by atoms with Crippen LogP contribution in [-0.2, 0) is 10.8 Å². The van der Waals surface area contributed by atoms with Gasteiger partial charge in [-0.3, -0.25) is 0 Å². The fourth-order valence-corrected chi connectivity index (χ4v) is 11.4. The van der Waals surface area contributed by atoms with Gasteiger partial charge in [-0.15, -0.1) is 0 Å². The van der Waals surface area contributed by atoms with Gasteiger partial charge in [0.25, 0.3) is 0 Å². The Hall–Kier alpha value is -7.21. The van der Waals surface area contributed by atoms with Crippen LogP contribution in [0.5, 0.6) is 5.75 Å². The number of hydrogen-bond donors (Lipinski definition) is 0. The number of thioether (sulfide) groups is 1. The molecule has 0 radical (unpaired) electrons. The molecule has 0 fully saturated rings. The molecule has 2 aliphatic carbocycles. The SMILES string of the molecule is Fc1ccc2c(c1)C(c1ccccc1)(c1ccccc1)c1cc(N(c3ccc4c(c3)SCO4)c3ccc4c(c3)C(c3ccccc3)(c3ccccc3)c3cc(F)ccc3-4)ccc1-2. The lowest BCUT2D eigenvalue weighted by atomic mass is 9.67. The maximum absolute atomic E-state index is 15.6. The topological polar surface area (TPSA) is 12.5 Å². The van der Waals surface area contributed by atoms with Gasteiger partial charge >= 0.3 is 0 Å². The number of nitrogens with zero attached hydrogens (tertiary/aromatic N) is 1. The molecule has 12 rings (SSSR count). The number of hydrogen-bond acceptors (Lipinski definition) is 3. The van der Waals surface area contributed by atoms with Crippen LogP contribution in [0.25, 0.3) is 22.3 Å². The van der Waals surface area contributed by atoms with Crippen molar-refractivity contribution in [3.8, 4) is 28.0 Å². The summed E-state index contributed by atoms with van der Waals surface area (Å²) in [6.45, 7) is 0.